The van der Waals surface area contributed by atoms with Gasteiger partial charge in [-0.2, -0.15) is 0 Å². The molecule has 2 N–H and O–H groups in total. The fourth-order valence-electron chi connectivity index (χ4n) is 1.78. The van der Waals surface area contributed by atoms with E-state index in [1.807, 2.05) is 33.9 Å². The molecule has 4 nitrogen and oxygen atoms in total. The SMILES string of the molecule is CN(c1cccc(F)c1)c1cc(N)nc(C(C)(C)C)n1. The number of hydrogen-bond donors (Lipinski definition) is 1. The maximum absolute atomic E-state index is 13.3. The summed E-state index contributed by atoms with van der Waals surface area (Å²) >= 11 is 0. The Balaban J connectivity index is 2.45. The first-order valence-electron chi connectivity index (χ1n) is 6.42. The van der Waals surface area contributed by atoms with Gasteiger partial charge in [0.15, 0.2) is 0 Å². The lowest BCUT2D eigenvalue weighted by Gasteiger charge is -2.22. The molecule has 0 fully saturated rings. The van der Waals surface area contributed by atoms with Crippen LogP contribution in [0.4, 0.5) is 21.7 Å². The molecule has 0 spiro atoms. The lowest BCUT2D eigenvalue weighted by atomic mass is 9.96. The number of nitrogens with two attached hydrogens (primary N) is 1. The van der Waals surface area contributed by atoms with Crippen molar-refractivity contribution in [2.24, 2.45) is 0 Å². The Morgan fingerprint density at radius 3 is 2.45 bits per heavy atom. The summed E-state index contributed by atoms with van der Waals surface area (Å²) in [6.45, 7) is 6.06. The van der Waals surface area contributed by atoms with E-state index < -0.39 is 0 Å². The van der Waals surface area contributed by atoms with Gasteiger partial charge < -0.3 is 10.6 Å². The van der Waals surface area contributed by atoms with Crippen LogP contribution in [0.5, 0.6) is 0 Å². The zero-order chi connectivity index (χ0) is 14.9. The van der Waals surface area contributed by atoms with E-state index in [-0.39, 0.29) is 11.2 Å². The predicted octanol–water partition coefficient (Wildman–Crippen LogP) is 3.26. The van der Waals surface area contributed by atoms with Crippen LogP contribution in [0.3, 0.4) is 0 Å². The number of aromatic nitrogens is 2. The number of nitrogen functional groups attached to an aromatic ring is 1. The summed E-state index contributed by atoms with van der Waals surface area (Å²) in [4.78, 5) is 10.6. The number of hydrogen-bond acceptors (Lipinski definition) is 4. The second kappa shape index (κ2) is 5.07. The Hall–Kier alpha value is -2.17. The van der Waals surface area contributed by atoms with Crippen LogP contribution < -0.4 is 10.6 Å². The number of halogens is 1. The summed E-state index contributed by atoms with van der Waals surface area (Å²) in [7, 11) is 1.82. The first-order valence-corrected chi connectivity index (χ1v) is 6.42. The third kappa shape index (κ3) is 3.04. The van der Waals surface area contributed by atoms with Crippen molar-refractivity contribution in [3.05, 3.63) is 42.0 Å². The highest BCUT2D eigenvalue weighted by atomic mass is 19.1. The van der Waals surface area contributed by atoms with Gasteiger partial charge in [0, 0.05) is 24.2 Å². The molecule has 2 aromatic rings. The largest absolute Gasteiger partial charge is 0.384 e. The van der Waals surface area contributed by atoms with Crippen molar-refractivity contribution >= 4 is 17.3 Å². The topological polar surface area (TPSA) is 55.0 Å². The number of nitrogens with zero attached hydrogens (tertiary/aromatic N) is 3. The van der Waals surface area contributed by atoms with Crippen molar-refractivity contribution in [3.8, 4) is 0 Å². The first kappa shape index (κ1) is 14.2. The number of rotatable bonds is 2. The third-order valence-electron chi connectivity index (χ3n) is 2.94. The summed E-state index contributed by atoms with van der Waals surface area (Å²) in [5, 5.41) is 0. The zero-order valence-corrected chi connectivity index (χ0v) is 12.2. The van der Waals surface area contributed by atoms with Gasteiger partial charge in [-0.25, -0.2) is 14.4 Å². The van der Waals surface area contributed by atoms with Gasteiger partial charge in [-0.1, -0.05) is 26.8 Å². The second-order valence-corrected chi connectivity index (χ2v) is 5.76. The highest BCUT2D eigenvalue weighted by Gasteiger charge is 2.20. The molecular formula is C15H19FN4. The van der Waals surface area contributed by atoms with Gasteiger partial charge in [-0.3, -0.25) is 0 Å². The van der Waals surface area contributed by atoms with E-state index in [1.54, 1.807) is 17.0 Å². The van der Waals surface area contributed by atoms with E-state index in [1.165, 1.54) is 12.1 Å². The van der Waals surface area contributed by atoms with Gasteiger partial charge >= 0.3 is 0 Å². The Labute approximate surface area is 118 Å². The molecule has 0 atom stereocenters. The maximum Gasteiger partial charge on any atom is 0.138 e. The van der Waals surface area contributed by atoms with Gasteiger partial charge in [-0.05, 0) is 18.2 Å². The quantitative estimate of drug-likeness (QED) is 0.913. The Morgan fingerprint density at radius 1 is 1.15 bits per heavy atom. The molecule has 0 amide bonds. The summed E-state index contributed by atoms with van der Waals surface area (Å²) in [6.07, 6.45) is 0. The van der Waals surface area contributed by atoms with Crippen LogP contribution in [0, 0.1) is 5.82 Å². The standard InChI is InChI=1S/C15H19FN4/c1-15(2,3)14-18-12(17)9-13(19-14)20(4)11-7-5-6-10(16)8-11/h5-9H,1-4H3,(H2,17,18,19). The Morgan fingerprint density at radius 2 is 1.85 bits per heavy atom. The van der Waals surface area contributed by atoms with Crippen LogP contribution in [-0.4, -0.2) is 17.0 Å². The van der Waals surface area contributed by atoms with Crippen molar-refractivity contribution in [3.63, 3.8) is 0 Å². The molecule has 20 heavy (non-hydrogen) atoms. The van der Waals surface area contributed by atoms with Crippen molar-refractivity contribution in [2.75, 3.05) is 17.7 Å². The first-order chi connectivity index (χ1) is 9.27. The molecule has 0 saturated carbocycles. The minimum Gasteiger partial charge on any atom is -0.384 e. The van der Waals surface area contributed by atoms with Gasteiger partial charge in [-0.15, -0.1) is 0 Å². The zero-order valence-electron chi connectivity index (χ0n) is 12.2. The fraction of sp³-hybridized carbons (Fsp3) is 0.333. The van der Waals surface area contributed by atoms with Crippen molar-refractivity contribution in [1.82, 2.24) is 9.97 Å². The molecule has 0 saturated heterocycles. The molecule has 0 aliphatic heterocycles. The average molecular weight is 274 g/mol. The molecule has 2 rings (SSSR count). The molecule has 0 radical (unpaired) electrons. The van der Waals surface area contributed by atoms with E-state index in [0.29, 0.717) is 23.1 Å². The third-order valence-corrected chi connectivity index (χ3v) is 2.94. The van der Waals surface area contributed by atoms with Gasteiger partial charge in [0.1, 0.15) is 23.3 Å². The monoisotopic (exact) mass is 274 g/mol. The van der Waals surface area contributed by atoms with E-state index in [4.69, 9.17) is 5.73 Å². The lowest BCUT2D eigenvalue weighted by Crippen LogP contribution is -2.20. The van der Waals surface area contributed by atoms with Crippen LogP contribution in [0.1, 0.15) is 26.6 Å². The molecule has 106 valence electrons. The van der Waals surface area contributed by atoms with E-state index >= 15 is 0 Å². The van der Waals surface area contributed by atoms with Gasteiger partial charge in [0.2, 0.25) is 0 Å². The summed E-state index contributed by atoms with van der Waals surface area (Å²) in [5.74, 6) is 1.43. The van der Waals surface area contributed by atoms with Gasteiger partial charge in [0.25, 0.3) is 0 Å². The summed E-state index contributed by atoms with van der Waals surface area (Å²) in [5.41, 5.74) is 6.36. The highest BCUT2D eigenvalue weighted by Crippen LogP contribution is 2.26. The molecule has 1 aromatic heterocycles. The lowest BCUT2D eigenvalue weighted by molar-refractivity contribution is 0.546. The van der Waals surface area contributed by atoms with Crippen molar-refractivity contribution in [1.29, 1.82) is 0 Å². The summed E-state index contributed by atoms with van der Waals surface area (Å²) < 4.78 is 13.3. The van der Waals surface area contributed by atoms with Crippen LogP contribution in [0.25, 0.3) is 0 Å². The molecule has 0 bridgehead atoms. The fourth-order valence-corrected chi connectivity index (χ4v) is 1.78. The number of benzene rings is 1. The maximum atomic E-state index is 13.3. The Bertz CT molecular complexity index is 620. The number of anilines is 3. The highest BCUT2D eigenvalue weighted by molar-refractivity contribution is 5.61. The molecule has 0 aliphatic carbocycles. The van der Waals surface area contributed by atoms with Crippen molar-refractivity contribution < 1.29 is 4.39 Å². The molecule has 1 aromatic carbocycles. The van der Waals surface area contributed by atoms with Gasteiger partial charge in [0.05, 0.1) is 0 Å². The average Bonchev–Trinajstić information content (AvgIpc) is 2.36. The molecule has 5 heteroatoms. The molecular weight excluding hydrogens is 255 g/mol. The minimum absolute atomic E-state index is 0.201. The van der Waals surface area contributed by atoms with E-state index in [2.05, 4.69) is 9.97 Å². The summed E-state index contributed by atoms with van der Waals surface area (Å²) in [6, 6.07) is 8.02. The Kier molecular flexibility index (Phi) is 3.61. The minimum atomic E-state index is -0.285. The molecule has 0 aliphatic rings. The van der Waals surface area contributed by atoms with Crippen LogP contribution in [0.2, 0.25) is 0 Å². The second-order valence-electron chi connectivity index (χ2n) is 5.76. The van der Waals surface area contributed by atoms with Crippen molar-refractivity contribution in [2.45, 2.75) is 26.2 Å². The molecule has 0 unspecified atom stereocenters. The van der Waals surface area contributed by atoms with Crippen LogP contribution >= 0.6 is 0 Å². The molecule has 1 heterocycles. The van der Waals surface area contributed by atoms with E-state index in [0.717, 1.165) is 0 Å². The van der Waals surface area contributed by atoms with Crippen LogP contribution in [-0.2, 0) is 5.41 Å². The normalized spacial score (nSPS) is 11.4. The predicted molar refractivity (Wildman–Crippen MR) is 79.6 cm³/mol. The van der Waals surface area contributed by atoms with E-state index in [9.17, 15) is 4.39 Å². The van der Waals surface area contributed by atoms with Crippen LogP contribution in [0.15, 0.2) is 30.3 Å². The smallest absolute Gasteiger partial charge is 0.138 e.